The summed E-state index contributed by atoms with van der Waals surface area (Å²) < 4.78 is 18.5. The van der Waals surface area contributed by atoms with Gasteiger partial charge in [0.1, 0.15) is 5.82 Å². The first-order chi connectivity index (χ1) is 8.25. The minimum Gasteiger partial charge on any atom is -0.379 e. The quantitative estimate of drug-likeness (QED) is 0.789. The summed E-state index contributed by atoms with van der Waals surface area (Å²) in [7, 11) is 0. The van der Waals surface area contributed by atoms with Crippen molar-refractivity contribution in [2.75, 3.05) is 32.8 Å². The maximum Gasteiger partial charge on any atom is 0.151 e. The number of halogens is 1. The Morgan fingerprint density at radius 1 is 1.29 bits per heavy atom. The molecule has 1 aliphatic rings. The van der Waals surface area contributed by atoms with Crippen LogP contribution in [0.25, 0.3) is 0 Å². The number of carbonyl (C=O) groups is 1. The molecule has 1 heterocycles. The van der Waals surface area contributed by atoms with Crippen molar-refractivity contribution >= 4 is 5.78 Å². The second-order valence-corrected chi connectivity index (χ2v) is 4.20. The zero-order valence-electron chi connectivity index (χ0n) is 9.69. The highest BCUT2D eigenvalue weighted by Gasteiger charge is 2.15. The number of rotatable bonds is 4. The van der Waals surface area contributed by atoms with Crippen molar-refractivity contribution in [1.82, 2.24) is 4.90 Å². The molecule has 1 aromatic carbocycles. The van der Waals surface area contributed by atoms with Gasteiger partial charge in [0, 0.05) is 19.5 Å². The van der Waals surface area contributed by atoms with Gasteiger partial charge in [-0.2, -0.15) is 0 Å². The van der Waals surface area contributed by atoms with Crippen molar-refractivity contribution in [3.05, 3.63) is 35.6 Å². The van der Waals surface area contributed by atoms with Gasteiger partial charge < -0.3 is 4.74 Å². The van der Waals surface area contributed by atoms with Crippen molar-refractivity contribution in [1.29, 1.82) is 0 Å². The highest BCUT2D eigenvalue weighted by molar-refractivity contribution is 5.82. The minimum absolute atomic E-state index is 0.0528. The molecule has 4 heteroatoms. The van der Waals surface area contributed by atoms with Crippen LogP contribution < -0.4 is 0 Å². The zero-order valence-corrected chi connectivity index (χ0v) is 9.69. The molecule has 92 valence electrons. The van der Waals surface area contributed by atoms with E-state index in [1.54, 1.807) is 18.2 Å². The predicted molar refractivity (Wildman–Crippen MR) is 62.4 cm³/mol. The van der Waals surface area contributed by atoms with Crippen LogP contribution in [0.4, 0.5) is 4.39 Å². The summed E-state index contributed by atoms with van der Waals surface area (Å²) >= 11 is 0. The number of hydrogen-bond acceptors (Lipinski definition) is 3. The first-order valence-corrected chi connectivity index (χ1v) is 5.81. The molecule has 0 N–H and O–H groups in total. The number of Topliss-reactive ketones (excluding diaryl/α,β-unsaturated/α-hetero) is 1. The Labute approximate surface area is 100 Å². The molecule has 3 nitrogen and oxygen atoms in total. The van der Waals surface area contributed by atoms with E-state index in [0.29, 0.717) is 25.3 Å². The van der Waals surface area contributed by atoms with Gasteiger partial charge >= 0.3 is 0 Å². The lowest BCUT2D eigenvalue weighted by Gasteiger charge is -2.25. The lowest BCUT2D eigenvalue weighted by atomic mass is 10.1. The zero-order chi connectivity index (χ0) is 12.1. The molecule has 1 aromatic rings. The molecule has 1 fully saturated rings. The third kappa shape index (κ3) is 3.61. The van der Waals surface area contributed by atoms with E-state index in [-0.39, 0.29) is 18.0 Å². The molecule has 2 rings (SSSR count). The molecule has 1 saturated heterocycles. The standard InChI is InChI=1S/C13H16FNO2/c14-13-4-2-1-3-11(13)9-12(16)10-15-5-7-17-8-6-15/h1-4H,5-10H2. The number of benzene rings is 1. The van der Waals surface area contributed by atoms with Crippen LogP contribution in [0, 0.1) is 5.82 Å². The third-order valence-corrected chi connectivity index (χ3v) is 2.85. The van der Waals surface area contributed by atoms with Gasteiger partial charge in [-0.05, 0) is 11.6 Å². The number of morpholine rings is 1. The maximum absolute atomic E-state index is 13.3. The van der Waals surface area contributed by atoms with E-state index in [2.05, 4.69) is 0 Å². The van der Waals surface area contributed by atoms with E-state index in [1.807, 2.05) is 4.90 Å². The predicted octanol–water partition coefficient (Wildman–Crippen LogP) is 1.27. The van der Waals surface area contributed by atoms with Gasteiger partial charge in [-0.15, -0.1) is 0 Å². The van der Waals surface area contributed by atoms with E-state index >= 15 is 0 Å². The Balaban J connectivity index is 1.86. The number of hydrogen-bond donors (Lipinski definition) is 0. The van der Waals surface area contributed by atoms with Crippen molar-refractivity contribution in [2.24, 2.45) is 0 Å². The number of nitrogens with zero attached hydrogens (tertiary/aromatic N) is 1. The fourth-order valence-electron chi connectivity index (χ4n) is 1.92. The summed E-state index contributed by atoms with van der Waals surface area (Å²) in [4.78, 5) is 13.8. The van der Waals surface area contributed by atoms with Crippen LogP contribution in [0.2, 0.25) is 0 Å². The fraction of sp³-hybridized carbons (Fsp3) is 0.462. The second kappa shape index (κ2) is 5.89. The molecule has 0 bridgehead atoms. The van der Waals surface area contributed by atoms with Gasteiger partial charge in [0.15, 0.2) is 5.78 Å². The first kappa shape index (κ1) is 12.2. The Kier molecular flexibility index (Phi) is 4.23. The van der Waals surface area contributed by atoms with Gasteiger partial charge in [-0.3, -0.25) is 9.69 Å². The van der Waals surface area contributed by atoms with Crippen LogP contribution in [0.15, 0.2) is 24.3 Å². The summed E-state index contributed by atoms with van der Waals surface area (Å²) in [5, 5.41) is 0. The lowest BCUT2D eigenvalue weighted by molar-refractivity contribution is -0.120. The number of ether oxygens (including phenoxy) is 1. The molecule has 0 aliphatic carbocycles. The van der Waals surface area contributed by atoms with Crippen LogP contribution in [0.1, 0.15) is 5.56 Å². The molecule has 0 aromatic heterocycles. The Hall–Kier alpha value is -1.26. The number of ketones is 1. The van der Waals surface area contributed by atoms with Gasteiger partial charge in [0.05, 0.1) is 19.8 Å². The monoisotopic (exact) mass is 237 g/mol. The van der Waals surface area contributed by atoms with Crippen molar-refractivity contribution in [2.45, 2.75) is 6.42 Å². The first-order valence-electron chi connectivity index (χ1n) is 5.81. The van der Waals surface area contributed by atoms with Gasteiger partial charge in [-0.1, -0.05) is 18.2 Å². The van der Waals surface area contributed by atoms with Crippen LogP contribution in [0.5, 0.6) is 0 Å². The Morgan fingerprint density at radius 3 is 2.71 bits per heavy atom. The van der Waals surface area contributed by atoms with Crippen LogP contribution >= 0.6 is 0 Å². The third-order valence-electron chi connectivity index (χ3n) is 2.85. The molecule has 17 heavy (non-hydrogen) atoms. The molecule has 1 aliphatic heterocycles. The van der Waals surface area contributed by atoms with Crippen LogP contribution in [0.3, 0.4) is 0 Å². The topological polar surface area (TPSA) is 29.5 Å². The normalized spacial score (nSPS) is 17.0. The lowest BCUT2D eigenvalue weighted by Crippen LogP contribution is -2.39. The van der Waals surface area contributed by atoms with Gasteiger partial charge in [-0.25, -0.2) is 4.39 Å². The van der Waals surface area contributed by atoms with Crippen molar-refractivity contribution in [3.8, 4) is 0 Å². The fourth-order valence-corrected chi connectivity index (χ4v) is 1.92. The molecule has 0 radical (unpaired) electrons. The summed E-state index contributed by atoms with van der Waals surface area (Å²) in [5.74, 6) is -0.250. The molecule has 0 amide bonds. The molecule has 0 unspecified atom stereocenters. The van der Waals surface area contributed by atoms with Crippen LogP contribution in [-0.4, -0.2) is 43.5 Å². The second-order valence-electron chi connectivity index (χ2n) is 4.20. The van der Waals surface area contributed by atoms with E-state index < -0.39 is 0 Å². The average Bonchev–Trinajstić information content (AvgIpc) is 2.33. The summed E-state index contributed by atoms with van der Waals surface area (Å²) in [6.45, 7) is 3.30. The maximum atomic E-state index is 13.3. The van der Waals surface area contributed by atoms with Gasteiger partial charge in [0.25, 0.3) is 0 Å². The highest BCUT2D eigenvalue weighted by Crippen LogP contribution is 2.08. The van der Waals surface area contributed by atoms with Gasteiger partial charge in [0.2, 0.25) is 0 Å². The molecular weight excluding hydrogens is 221 g/mol. The smallest absolute Gasteiger partial charge is 0.151 e. The van der Waals surface area contributed by atoms with E-state index in [1.165, 1.54) is 6.07 Å². The Bertz CT molecular complexity index is 389. The van der Waals surface area contributed by atoms with E-state index in [4.69, 9.17) is 4.74 Å². The minimum atomic E-state index is -0.303. The molecule has 0 atom stereocenters. The van der Waals surface area contributed by atoms with Crippen LogP contribution in [-0.2, 0) is 16.0 Å². The number of carbonyl (C=O) groups excluding carboxylic acids is 1. The van der Waals surface area contributed by atoms with Crippen molar-refractivity contribution in [3.63, 3.8) is 0 Å². The SMILES string of the molecule is O=C(Cc1ccccc1F)CN1CCOCC1. The molecule has 0 saturated carbocycles. The largest absolute Gasteiger partial charge is 0.379 e. The van der Waals surface area contributed by atoms with E-state index in [9.17, 15) is 9.18 Å². The summed E-state index contributed by atoms with van der Waals surface area (Å²) in [5.41, 5.74) is 0.478. The average molecular weight is 237 g/mol. The van der Waals surface area contributed by atoms with E-state index in [0.717, 1.165) is 13.1 Å². The van der Waals surface area contributed by atoms with Crippen molar-refractivity contribution < 1.29 is 13.9 Å². The highest BCUT2D eigenvalue weighted by atomic mass is 19.1. The molecule has 0 spiro atoms. The Morgan fingerprint density at radius 2 is 2.00 bits per heavy atom. The summed E-state index contributed by atoms with van der Waals surface area (Å²) in [6, 6.07) is 6.43. The molecular formula is C13H16FNO2. The summed E-state index contributed by atoms with van der Waals surface area (Å²) in [6.07, 6.45) is 0.171.